The van der Waals surface area contributed by atoms with Gasteiger partial charge in [-0.25, -0.2) is 4.98 Å². The molecule has 7 heteroatoms. The van der Waals surface area contributed by atoms with Crippen LogP contribution in [0.1, 0.15) is 30.0 Å². The fraction of sp³-hybridized carbons (Fsp3) is 0.300. The lowest BCUT2D eigenvalue weighted by Gasteiger charge is -2.12. The van der Waals surface area contributed by atoms with Crippen LogP contribution >= 0.6 is 0 Å². The molecule has 2 aromatic heterocycles. The zero-order chi connectivity index (χ0) is 18.8. The number of aromatic nitrogens is 4. The summed E-state index contributed by atoms with van der Waals surface area (Å²) in [4.78, 5) is 8.89. The van der Waals surface area contributed by atoms with Crippen molar-refractivity contribution in [3.05, 3.63) is 47.8 Å². The van der Waals surface area contributed by atoms with Crippen molar-refractivity contribution >= 4 is 17.5 Å². The highest BCUT2D eigenvalue weighted by Gasteiger charge is 2.24. The van der Waals surface area contributed by atoms with Crippen LogP contribution in [0, 0.1) is 6.92 Å². The maximum absolute atomic E-state index is 5.54. The van der Waals surface area contributed by atoms with Crippen molar-refractivity contribution < 1.29 is 4.74 Å². The minimum Gasteiger partial charge on any atom is -0.496 e. The van der Waals surface area contributed by atoms with Gasteiger partial charge in [0, 0.05) is 30.1 Å². The molecule has 3 aromatic rings. The first-order valence-electron chi connectivity index (χ1n) is 8.98. The van der Waals surface area contributed by atoms with Crippen molar-refractivity contribution in [2.24, 2.45) is 0 Å². The van der Waals surface area contributed by atoms with Crippen molar-refractivity contribution in [2.75, 3.05) is 24.8 Å². The third kappa shape index (κ3) is 3.81. The molecule has 0 amide bonds. The van der Waals surface area contributed by atoms with Crippen LogP contribution in [0.5, 0.6) is 5.75 Å². The summed E-state index contributed by atoms with van der Waals surface area (Å²) < 4.78 is 5.54. The lowest BCUT2D eigenvalue weighted by Crippen LogP contribution is -2.02. The molecule has 1 fully saturated rings. The van der Waals surface area contributed by atoms with Crippen molar-refractivity contribution in [3.63, 3.8) is 0 Å². The minimum atomic E-state index is 0.535. The molecular formula is C20H22N6O. The van der Waals surface area contributed by atoms with E-state index in [9.17, 15) is 0 Å². The Hall–Kier alpha value is -3.22. The van der Waals surface area contributed by atoms with Crippen LogP contribution in [0.15, 0.2) is 36.5 Å². The largest absolute Gasteiger partial charge is 0.496 e. The number of anilines is 3. The molecule has 1 saturated carbocycles. The van der Waals surface area contributed by atoms with E-state index in [0.29, 0.717) is 11.9 Å². The molecule has 1 aliphatic rings. The van der Waals surface area contributed by atoms with Crippen LogP contribution in [0.3, 0.4) is 0 Å². The Labute approximate surface area is 158 Å². The Kier molecular flexibility index (Phi) is 4.58. The normalized spacial score (nSPS) is 13.3. The van der Waals surface area contributed by atoms with E-state index in [-0.39, 0.29) is 0 Å². The van der Waals surface area contributed by atoms with Gasteiger partial charge >= 0.3 is 0 Å². The van der Waals surface area contributed by atoms with Gasteiger partial charge in [0.05, 0.1) is 19.0 Å². The molecule has 138 valence electrons. The fourth-order valence-corrected chi connectivity index (χ4v) is 3.02. The van der Waals surface area contributed by atoms with Gasteiger partial charge in [0.25, 0.3) is 0 Å². The lowest BCUT2D eigenvalue weighted by molar-refractivity contribution is 0.416. The van der Waals surface area contributed by atoms with E-state index in [1.54, 1.807) is 7.11 Å². The lowest BCUT2D eigenvalue weighted by atomic mass is 10.1. The van der Waals surface area contributed by atoms with E-state index in [4.69, 9.17) is 4.74 Å². The zero-order valence-corrected chi connectivity index (χ0v) is 15.7. The Morgan fingerprint density at radius 2 is 1.96 bits per heavy atom. The van der Waals surface area contributed by atoms with E-state index < -0.39 is 0 Å². The molecular weight excluding hydrogens is 340 g/mol. The molecule has 0 atom stereocenters. The first kappa shape index (κ1) is 17.2. The second-order valence-corrected chi connectivity index (χ2v) is 6.66. The van der Waals surface area contributed by atoms with Crippen LogP contribution < -0.4 is 15.4 Å². The maximum Gasteiger partial charge on any atom is 0.229 e. The number of methoxy groups -OCH3 is 1. The Bertz CT molecular complexity index is 970. The highest BCUT2D eigenvalue weighted by molar-refractivity contribution is 5.73. The van der Waals surface area contributed by atoms with E-state index in [1.165, 1.54) is 18.4 Å². The molecule has 1 aliphatic carbocycles. The molecule has 0 bridgehead atoms. The SMILES string of the molecule is CNc1cc(C)nc(Nc2ccc(OC)c(-c3cc(C4CC4)cnn3)c2)n1. The van der Waals surface area contributed by atoms with E-state index in [1.807, 2.05) is 44.4 Å². The number of benzene rings is 1. The van der Waals surface area contributed by atoms with Crippen LogP contribution in [-0.4, -0.2) is 34.3 Å². The van der Waals surface area contributed by atoms with Gasteiger partial charge < -0.3 is 15.4 Å². The number of nitrogens with one attached hydrogen (secondary N) is 2. The molecule has 1 aromatic carbocycles. The molecule has 0 radical (unpaired) electrons. The summed E-state index contributed by atoms with van der Waals surface area (Å²) in [6.07, 6.45) is 4.31. The van der Waals surface area contributed by atoms with Gasteiger partial charge in [0.15, 0.2) is 0 Å². The summed E-state index contributed by atoms with van der Waals surface area (Å²) in [6, 6.07) is 9.84. The summed E-state index contributed by atoms with van der Waals surface area (Å²) in [7, 11) is 3.50. The van der Waals surface area contributed by atoms with Gasteiger partial charge in [-0.1, -0.05) is 0 Å². The molecule has 7 nitrogen and oxygen atoms in total. The number of aryl methyl sites for hydroxylation is 1. The topological polar surface area (TPSA) is 84.9 Å². The van der Waals surface area contributed by atoms with Crippen LogP contribution in [0.4, 0.5) is 17.5 Å². The second kappa shape index (κ2) is 7.19. The number of ether oxygens (including phenoxy) is 1. The predicted octanol–water partition coefficient (Wildman–Crippen LogP) is 3.91. The van der Waals surface area contributed by atoms with Crippen molar-refractivity contribution in [2.45, 2.75) is 25.7 Å². The highest BCUT2D eigenvalue weighted by atomic mass is 16.5. The third-order valence-electron chi connectivity index (χ3n) is 4.57. The Balaban J connectivity index is 1.69. The number of nitrogens with zero attached hydrogens (tertiary/aromatic N) is 4. The van der Waals surface area contributed by atoms with Crippen molar-refractivity contribution in [3.8, 4) is 17.0 Å². The molecule has 4 rings (SSSR count). The van der Waals surface area contributed by atoms with E-state index in [2.05, 4.69) is 36.9 Å². The number of hydrogen-bond acceptors (Lipinski definition) is 7. The maximum atomic E-state index is 5.54. The monoisotopic (exact) mass is 362 g/mol. The molecule has 0 spiro atoms. The zero-order valence-electron chi connectivity index (χ0n) is 15.7. The van der Waals surface area contributed by atoms with Crippen LogP contribution in [0.2, 0.25) is 0 Å². The predicted molar refractivity (Wildman–Crippen MR) is 106 cm³/mol. The van der Waals surface area contributed by atoms with Gasteiger partial charge in [0.1, 0.15) is 11.6 Å². The number of hydrogen-bond donors (Lipinski definition) is 2. The van der Waals surface area contributed by atoms with Gasteiger partial charge in [-0.2, -0.15) is 15.2 Å². The standard InChI is InChI=1S/C20H22N6O/c1-12-8-19(21-2)25-20(23-12)24-15-6-7-18(27-3)16(10-15)17-9-14(11-22-26-17)13-4-5-13/h6-11,13H,4-5H2,1-3H3,(H2,21,23,24,25). The molecule has 0 aliphatic heterocycles. The van der Waals surface area contributed by atoms with Crippen LogP contribution in [-0.2, 0) is 0 Å². The van der Waals surface area contributed by atoms with Gasteiger partial charge in [-0.05, 0) is 55.5 Å². The molecule has 2 heterocycles. The first-order valence-corrected chi connectivity index (χ1v) is 8.98. The summed E-state index contributed by atoms with van der Waals surface area (Å²) in [5.74, 6) is 2.67. The molecule has 2 N–H and O–H groups in total. The third-order valence-corrected chi connectivity index (χ3v) is 4.57. The first-order chi connectivity index (χ1) is 13.2. The summed E-state index contributed by atoms with van der Waals surface area (Å²) in [6.45, 7) is 1.94. The summed E-state index contributed by atoms with van der Waals surface area (Å²) >= 11 is 0. The van der Waals surface area contributed by atoms with Crippen molar-refractivity contribution in [1.29, 1.82) is 0 Å². The van der Waals surface area contributed by atoms with Gasteiger partial charge in [-0.3, -0.25) is 0 Å². The minimum absolute atomic E-state index is 0.535. The molecule has 27 heavy (non-hydrogen) atoms. The smallest absolute Gasteiger partial charge is 0.229 e. The van der Waals surface area contributed by atoms with E-state index in [0.717, 1.165) is 34.2 Å². The average molecular weight is 362 g/mol. The quantitative estimate of drug-likeness (QED) is 0.687. The molecule has 0 saturated heterocycles. The highest BCUT2D eigenvalue weighted by Crippen LogP contribution is 2.41. The number of rotatable bonds is 6. The summed E-state index contributed by atoms with van der Waals surface area (Å²) in [5, 5.41) is 14.8. The fourth-order valence-electron chi connectivity index (χ4n) is 3.02. The van der Waals surface area contributed by atoms with Crippen molar-refractivity contribution in [1.82, 2.24) is 20.2 Å². The van der Waals surface area contributed by atoms with Gasteiger partial charge in [0.2, 0.25) is 5.95 Å². The van der Waals surface area contributed by atoms with Gasteiger partial charge in [-0.15, -0.1) is 0 Å². The Morgan fingerprint density at radius 1 is 1.11 bits per heavy atom. The Morgan fingerprint density at radius 3 is 2.70 bits per heavy atom. The molecule has 0 unspecified atom stereocenters. The average Bonchev–Trinajstić information content (AvgIpc) is 3.53. The van der Waals surface area contributed by atoms with E-state index >= 15 is 0 Å². The summed E-state index contributed by atoms with van der Waals surface area (Å²) in [5.41, 5.74) is 4.67. The van der Waals surface area contributed by atoms with Crippen LogP contribution in [0.25, 0.3) is 11.3 Å². The second-order valence-electron chi connectivity index (χ2n) is 6.66.